The minimum atomic E-state index is -0.0638. The summed E-state index contributed by atoms with van der Waals surface area (Å²) in [7, 11) is 0. The highest BCUT2D eigenvalue weighted by molar-refractivity contribution is 5.77. The van der Waals surface area contributed by atoms with Crippen LogP contribution in [0.3, 0.4) is 0 Å². The van der Waals surface area contributed by atoms with Crippen molar-refractivity contribution in [3.63, 3.8) is 0 Å². The SMILES string of the molecule is CC1CCC(C(C)C)C(OCC(=O)NCc2nnc3n2CCC3)C1. The summed E-state index contributed by atoms with van der Waals surface area (Å²) in [5.41, 5.74) is 0. The number of carbonyl (C=O) groups excluding carboxylic acids is 1. The number of ether oxygens (including phenoxy) is 1. The number of rotatable bonds is 6. The Bertz CT molecular complexity index is 569. The van der Waals surface area contributed by atoms with Crippen LogP contribution < -0.4 is 5.32 Å². The molecule has 2 aliphatic rings. The van der Waals surface area contributed by atoms with Crippen LogP contribution in [-0.4, -0.2) is 33.4 Å². The highest BCUT2D eigenvalue weighted by Gasteiger charge is 2.31. The van der Waals surface area contributed by atoms with Gasteiger partial charge in [-0.15, -0.1) is 10.2 Å². The zero-order valence-electron chi connectivity index (χ0n) is 15.1. The summed E-state index contributed by atoms with van der Waals surface area (Å²) >= 11 is 0. The van der Waals surface area contributed by atoms with Crippen LogP contribution >= 0.6 is 0 Å². The summed E-state index contributed by atoms with van der Waals surface area (Å²) in [6.07, 6.45) is 5.85. The summed E-state index contributed by atoms with van der Waals surface area (Å²) in [4.78, 5) is 12.1. The molecule has 0 spiro atoms. The van der Waals surface area contributed by atoms with E-state index >= 15 is 0 Å². The molecule has 3 rings (SSSR count). The van der Waals surface area contributed by atoms with E-state index < -0.39 is 0 Å². The molecule has 0 saturated heterocycles. The van der Waals surface area contributed by atoms with Gasteiger partial charge in [-0.3, -0.25) is 4.79 Å². The minimum Gasteiger partial charge on any atom is -0.368 e. The maximum absolute atomic E-state index is 12.1. The molecular formula is C18H30N4O2. The van der Waals surface area contributed by atoms with Crippen LogP contribution in [0, 0.1) is 17.8 Å². The second-order valence-corrected chi connectivity index (χ2v) is 7.74. The molecule has 0 bridgehead atoms. The van der Waals surface area contributed by atoms with Crippen LogP contribution in [0.2, 0.25) is 0 Å². The molecule has 1 aromatic heterocycles. The van der Waals surface area contributed by atoms with Crippen LogP contribution in [0.25, 0.3) is 0 Å². The summed E-state index contributed by atoms with van der Waals surface area (Å²) < 4.78 is 8.11. The third-order valence-corrected chi connectivity index (χ3v) is 5.52. The first-order chi connectivity index (χ1) is 11.5. The van der Waals surface area contributed by atoms with Crippen LogP contribution in [0.5, 0.6) is 0 Å². The molecule has 1 amide bonds. The van der Waals surface area contributed by atoms with Crippen molar-refractivity contribution in [3.8, 4) is 0 Å². The number of aryl methyl sites for hydroxylation is 1. The Balaban J connectivity index is 1.46. The largest absolute Gasteiger partial charge is 0.368 e. The van der Waals surface area contributed by atoms with E-state index in [4.69, 9.17) is 4.74 Å². The van der Waals surface area contributed by atoms with E-state index in [1.165, 1.54) is 12.8 Å². The standard InChI is InChI=1S/C18H30N4O2/c1-12(2)14-7-6-13(3)9-15(14)24-11-18(23)19-10-17-21-20-16-5-4-8-22(16)17/h12-15H,4-11H2,1-3H3,(H,19,23). The van der Waals surface area contributed by atoms with Crippen molar-refractivity contribution in [2.75, 3.05) is 6.61 Å². The highest BCUT2D eigenvalue weighted by atomic mass is 16.5. The molecular weight excluding hydrogens is 304 g/mol. The number of hydrogen-bond acceptors (Lipinski definition) is 4. The maximum atomic E-state index is 12.1. The molecule has 0 radical (unpaired) electrons. The average Bonchev–Trinajstić information content (AvgIpc) is 3.14. The van der Waals surface area contributed by atoms with E-state index in [1.54, 1.807) is 0 Å². The molecule has 1 fully saturated rings. The molecule has 24 heavy (non-hydrogen) atoms. The van der Waals surface area contributed by atoms with Crippen LogP contribution in [0.1, 0.15) is 58.1 Å². The van der Waals surface area contributed by atoms with Gasteiger partial charge in [0.05, 0.1) is 12.6 Å². The van der Waals surface area contributed by atoms with Crippen LogP contribution in [-0.2, 0) is 29.0 Å². The van der Waals surface area contributed by atoms with Gasteiger partial charge in [-0.1, -0.05) is 27.2 Å². The van der Waals surface area contributed by atoms with Crippen molar-refractivity contribution in [2.24, 2.45) is 17.8 Å². The van der Waals surface area contributed by atoms with Gasteiger partial charge in [0.25, 0.3) is 0 Å². The second-order valence-electron chi connectivity index (χ2n) is 7.74. The van der Waals surface area contributed by atoms with E-state index in [9.17, 15) is 4.79 Å². The normalized spacial score (nSPS) is 26.6. The zero-order chi connectivity index (χ0) is 17.1. The summed E-state index contributed by atoms with van der Waals surface area (Å²) in [6.45, 7) is 8.32. The third-order valence-electron chi connectivity index (χ3n) is 5.52. The first-order valence-corrected chi connectivity index (χ1v) is 9.34. The number of hydrogen-bond donors (Lipinski definition) is 1. The molecule has 6 heteroatoms. The Morgan fingerprint density at radius 3 is 3.00 bits per heavy atom. The Kier molecular flexibility index (Phi) is 5.54. The number of amides is 1. The molecule has 1 N–H and O–H groups in total. The average molecular weight is 334 g/mol. The lowest BCUT2D eigenvalue weighted by Crippen LogP contribution is -2.37. The molecule has 0 aromatic carbocycles. The van der Waals surface area contributed by atoms with Gasteiger partial charge in [0.1, 0.15) is 12.4 Å². The number of nitrogens with one attached hydrogen (secondary N) is 1. The lowest BCUT2D eigenvalue weighted by Gasteiger charge is -2.37. The molecule has 2 heterocycles. The third kappa shape index (κ3) is 3.97. The van der Waals surface area contributed by atoms with E-state index in [-0.39, 0.29) is 18.6 Å². The fourth-order valence-electron chi connectivity index (χ4n) is 4.06. The predicted octanol–water partition coefficient (Wildman–Crippen LogP) is 2.32. The second kappa shape index (κ2) is 7.64. The van der Waals surface area contributed by atoms with Gasteiger partial charge in [-0.05, 0) is 37.0 Å². The summed E-state index contributed by atoms with van der Waals surface area (Å²) in [6, 6.07) is 0. The molecule has 1 aromatic rings. The van der Waals surface area contributed by atoms with Gasteiger partial charge in [0.15, 0.2) is 5.82 Å². The van der Waals surface area contributed by atoms with Crippen molar-refractivity contribution in [2.45, 2.75) is 72.1 Å². The fourth-order valence-corrected chi connectivity index (χ4v) is 4.06. The molecule has 1 aliphatic heterocycles. The smallest absolute Gasteiger partial charge is 0.246 e. The molecule has 3 atom stereocenters. The maximum Gasteiger partial charge on any atom is 0.246 e. The van der Waals surface area contributed by atoms with E-state index in [0.717, 1.165) is 37.5 Å². The molecule has 6 nitrogen and oxygen atoms in total. The molecule has 1 aliphatic carbocycles. The Labute approximate surface area is 144 Å². The Hall–Kier alpha value is -1.43. The van der Waals surface area contributed by atoms with Crippen molar-refractivity contribution in [1.29, 1.82) is 0 Å². The van der Waals surface area contributed by atoms with Gasteiger partial charge in [0.2, 0.25) is 5.91 Å². The summed E-state index contributed by atoms with van der Waals surface area (Å²) in [5.74, 6) is 3.67. The van der Waals surface area contributed by atoms with Gasteiger partial charge in [-0.25, -0.2) is 0 Å². The Morgan fingerprint density at radius 1 is 1.38 bits per heavy atom. The van der Waals surface area contributed by atoms with Crippen LogP contribution in [0.4, 0.5) is 0 Å². The number of carbonyl (C=O) groups is 1. The molecule has 134 valence electrons. The topological polar surface area (TPSA) is 69.0 Å². The van der Waals surface area contributed by atoms with Gasteiger partial charge in [-0.2, -0.15) is 0 Å². The van der Waals surface area contributed by atoms with Gasteiger partial charge < -0.3 is 14.6 Å². The van der Waals surface area contributed by atoms with Crippen LogP contribution in [0.15, 0.2) is 0 Å². The highest BCUT2D eigenvalue weighted by Crippen LogP contribution is 2.35. The van der Waals surface area contributed by atoms with Crippen molar-refractivity contribution >= 4 is 5.91 Å². The number of nitrogens with zero attached hydrogens (tertiary/aromatic N) is 3. The van der Waals surface area contributed by atoms with Gasteiger partial charge >= 0.3 is 0 Å². The summed E-state index contributed by atoms with van der Waals surface area (Å²) in [5, 5.41) is 11.2. The molecule has 1 saturated carbocycles. The van der Waals surface area contributed by atoms with E-state index in [1.807, 2.05) is 0 Å². The minimum absolute atomic E-state index is 0.0638. The van der Waals surface area contributed by atoms with Crippen molar-refractivity contribution in [3.05, 3.63) is 11.6 Å². The lowest BCUT2D eigenvalue weighted by atomic mass is 9.75. The van der Waals surface area contributed by atoms with E-state index in [2.05, 4.69) is 40.9 Å². The quantitative estimate of drug-likeness (QED) is 0.867. The lowest BCUT2D eigenvalue weighted by molar-refractivity contribution is -0.131. The fraction of sp³-hybridized carbons (Fsp3) is 0.833. The first-order valence-electron chi connectivity index (χ1n) is 9.34. The van der Waals surface area contributed by atoms with Gasteiger partial charge in [0, 0.05) is 13.0 Å². The Morgan fingerprint density at radius 2 is 2.21 bits per heavy atom. The molecule has 3 unspecified atom stereocenters. The first kappa shape index (κ1) is 17.4. The van der Waals surface area contributed by atoms with Crippen molar-refractivity contribution < 1.29 is 9.53 Å². The predicted molar refractivity (Wildman–Crippen MR) is 91.3 cm³/mol. The monoisotopic (exact) mass is 334 g/mol. The van der Waals surface area contributed by atoms with E-state index in [0.29, 0.717) is 24.3 Å². The number of fused-ring (bicyclic) bond motifs is 1. The van der Waals surface area contributed by atoms with Crippen molar-refractivity contribution in [1.82, 2.24) is 20.1 Å². The number of aromatic nitrogens is 3. The zero-order valence-corrected chi connectivity index (χ0v) is 15.1.